The first kappa shape index (κ1) is 21.8. The third-order valence-electron chi connectivity index (χ3n) is 5.96. The van der Waals surface area contributed by atoms with Gasteiger partial charge in [0, 0.05) is 6.42 Å². The molecule has 168 valence electrons. The summed E-state index contributed by atoms with van der Waals surface area (Å²) in [5.41, 5.74) is 1.81. The summed E-state index contributed by atoms with van der Waals surface area (Å²) in [5.74, 6) is 0.229. The Kier molecular flexibility index (Phi) is 6.70. The summed E-state index contributed by atoms with van der Waals surface area (Å²) in [7, 11) is 0. The van der Waals surface area contributed by atoms with E-state index in [1.54, 1.807) is 0 Å². The minimum absolute atomic E-state index is 0.0733. The molecule has 2 saturated heterocycles. The van der Waals surface area contributed by atoms with E-state index >= 15 is 0 Å². The van der Waals surface area contributed by atoms with E-state index in [1.807, 2.05) is 53.4 Å². The maximum atomic E-state index is 12.2. The van der Waals surface area contributed by atoms with E-state index in [2.05, 4.69) is 10.6 Å². The Labute approximate surface area is 186 Å². The number of carboxylic acid groups (broad SMARTS) is 1. The highest BCUT2D eigenvalue weighted by Crippen LogP contribution is 2.36. The van der Waals surface area contributed by atoms with Gasteiger partial charge in [0.25, 0.3) is 0 Å². The molecule has 0 aliphatic carbocycles. The van der Waals surface area contributed by atoms with E-state index in [9.17, 15) is 14.4 Å². The number of likely N-dealkylation sites (tertiary alicyclic amines) is 1. The number of carbonyl (C=O) groups excluding carboxylic acids is 2. The SMILES string of the molecule is O=C(O)CN1CCC(c2ccc(NC3CCC(=O)NC3=O)c(Oc3ccccc3)c2)CC1. The molecule has 1 atom stereocenters. The standard InChI is InChI=1S/C24H27N3O5/c28-22-9-8-20(24(31)26-22)25-19-7-6-17(14-21(19)32-18-4-2-1-3-5-18)16-10-12-27(13-11-16)15-23(29)30/h1-7,14,16,20,25H,8-13,15H2,(H,29,30)(H,26,28,31). The zero-order valence-electron chi connectivity index (χ0n) is 17.8. The van der Waals surface area contributed by atoms with Crippen molar-refractivity contribution in [3.63, 3.8) is 0 Å². The third-order valence-corrected chi connectivity index (χ3v) is 5.96. The number of hydrogen-bond acceptors (Lipinski definition) is 6. The Morgan fingerprint density at radius 1 is 1.09 bits per heavy atom. The molecule has 2 amide bonds. The Balaban J connectivity index is 1.53. The fourth-order valence-electron chi connectivity index (χ4n) is 4.25. The predicted molar refractivity (Wildman–Crippen MR) is 119 cm³/mol. The number of piperidine rings is 2. The van der Waals surface area contributed by atoms with E-state index in [0.717, 1.165) is 31.5 Å². The number of carboxylic acids is 1. The van der Waals surface area contributed by atoms with Crippen molar-refractivity contribution in [1.29, 1.82) is 0 Å². The van der Waals surface area contributed by atoms with Gasteiger partial charge in [-0.25, -0.2) is 0 Å². The van der Waals surface area contributed by atoms with Gasteiger partial charge in [-0.3, -0.25) is 24.6 Å². The first-order chi connectivity index (χ1) is 15.5. The summed E-state index contributed by atoms with van der Waals surface area (Å²) in [5, 5.41) is 14.6. The van der Waals surface area contributed by atoms with Crippen molar-refractivity contribution in [2.45, 2.75) is 37.6 Å². The number of nitrogens with zero attached hydrogens (tertiary/aromatic N) is 1. The first-order valence-electron chi connectivity index (χ1n) is 10.9. The van der Waals surface area contributed by atoms with Crippen LogP contribution in [-0.4, -0.2) is 53.5 Å². The fourth-order valence-corrected chi connectivity index (χ4v) is 4.25. The maximum Gasteiger partial charge on any atom is 0.317 e. The smallest absolute Gasteiger partial charge is 0.317 e. The number of anilines is 1. The van der Waals surface area contributed by atoms with Crippen LogP contribution in [0.3, 0.4) is 0 Å². The molecule has 2 aromatic rings. The van der Waals surface area contributed by atoms with E-state index < -0.39 is 12.0 Å². The highest BCUT2D eigenvalue weighted by Gasteiger charge is 2.28. The molecule has 3 N–H and O–H groups in total. The lowest BCUT2D eigenvalue weighted by molar-refractivity contribution is -0.138. The zero-order chi connectivity index (χ0) is 22.5. The first-order valence-corrected chi connectivity index (χ1v) is 10.9. The summed E-state index contributed by atoms with van der Waals surface area (Å²) < 4.78 is 6.16. The van der Waals surface area contributed by atoms with Crippen LogP contribution in [0.15, 0.2) is 48.5 Å². The number of rotatable bonds is 7. The molecular formula is C24H27N3O5. The van der Waals surface area contributed by atoms with Gasteiger partial charge < -0.3 is 15.2 Å². The molecule has 0 saturated carbocycles. The van der Waals surface area contributed by atoms with Crippen molar-refractivity contribution in [3.05, 3.63) is 54.1 Å². The van der Waals surface area contributed by atoms with Gasteiger partial charge in [-0.2, -0.15) is 0 Å². The van der Waals surface area contributed by atoms with Crippen molar-refractivity contribution in [1.82, 2.24) is 10.2 Å². The molecule has 4 rings (SSSR count). The topological polar surface area (TPSA) is 108 Å². The van der Waals surface area contributed by atoms with Gasteiger partial charge in [-0.1, -0.05) is 24.3 Å². The summed E-state index contributed by atoms with van der Waals surface area (Å²) in [6.07, 6.45) is 2.47. The molecule has 0 radical (unpaired) electrons. The van der Waals surface area contributed by atoms with Gasteiger partial charge >= 0.3 is 5.97 Å². The van der Waals surface area contributed by atoms with Gasteiger partial charge in [0.1, 0.15) is 11.8 Å². The molecule has 2 aliphatic rings. The van der Waals surface area contributed by atoms with Crippen molar-refractivity contribution < 1.29 is 24.2 Å². The van der Waals surface area contributed by atoms with Crippen molar-refractivity contribution in [2.75, 3.05) is 25.0 Å². The quantitative estimate of drug-likeness (QED) is 0.572. The van der Waals surface area contributed by atoms with Gasteiger partial charge in [-0.15, -0.1) is 0 Å². The van der Waals surface area contributed by atoms with E-state index in [4.69, 9.17) is 9.84 Å². The lowest BCUT2D eigenvalue weighted by Gasteiger charge is -2.31. The average Bonchev–Trinajstić information content (AvgIpc) is 2.77. The molecule has 0 spiro atoms. The molecule has 2 fully saturated rings. The molecule has 1 unspecified atom stereocenters. The second-order valence-electron chi connectivity index (χ2n) is 8.26. The summed E-state index contributed by atoms with van der Waals surface area (Å²) >= 11 is 0. The fraction of sp³-hybridized carbons (Fsp3) is 0.375. The van der Waals surface area contributed by atoms with Crippen LogP contribution in [0.4, 0.5) is 5.69 Å². The number of amides is 2. The normalized spacial score (nSPS) is 19.9. The van der Waals surface area contributed by atoms with Crippen molar-refractivity contribution >= 4 is 23.5 Å². The Hall–Kier alpha value is -3.39. The van der Waals surface area contributed by atoms with E-state index in [1.165, 1.54) is 0 Å². The summed E-state index contributed by atoms with van der Waals surface area (Å²) in [6.45, 7) is 1.55. The van der Waals surface area contributed by atoms with Crippen LogP contribution in [0.25, 0.3) is 0 Å². The Bertz CT molecular complexity index is 986. The van der Waals surface area contributed by atoms with E-state index in [0.29, 0.717) is 35.9 Å². The second kappa shape index (κ2) is 9.82. The molecular weight excluding hydrogens is 410 g/mol. The lowest BCUT2D eigenvalue weighted by Crippen LogP contribution is -2.47. The number of hydrogen-bond donors (Lipinski definition) is 3. The number of carbonyl (C=O) groups is 3. The maximum absolute atomic E-state index is 12.2. The molecule has 0 bridgehead atoms. The number of imide groups is 1. The van der Waals surface area contributed by atoms with Gasteiger partial charge in [0.05, 0.1) is 12.2 Å². The minimum Gasteiger partial charge on any atom is -0.480 e. The lowest BCUT2D eigenvalue weighted by atomic mass is 9.89. The van der Waals surface area contributed by atoms with Gasteiger partial charge in [0.15, 0.2) is 5.75 Å². The highest BCUT2D eigenvalue weighted by atomic mass is 16.5. The molecule has 8 nitrogen and oxygen atoms in total. The summed E-state index contributed by atoms with van der Waals surface area (Å²) in [6, 6.07) is 14.9. The predicted octanol–water partition coefficient (Wildman–Crippen LogP) is 2.96. The number of ether oxygens (including phenoxy) is 1. The van der Waals surface area contributed by atoms with Crippen LogP contribution in [0.5, 0.6) is 11.5 Å². The van der Waals surface area contributed by atoms with Crippen molar-refractivity contribution in [2.24, 2.45) is 0 Å². The third kappa shape index (κ3) is 5.45. The van der Waals surface area contributed by atoms with E-state index in [-0.39, 0.29) is 18.4 Å². The minimum atomic E-state index is -0.800. The molecule has 2 aromatic carbocycles. The average molecular weight is 437 g/mol. The zero-order valence-corrected chi connectivity index (χ0v) is 17.8. The van der Waals surface area contributed by atoms with Crippen LogP contribution in [0.1, 0.15) is 37.2 Å². The largest absolute Gasteiger partial charge is 0.480 e. The Morgan fingerprint density at radius 2 is 1.84 bits per heavy atom. The summed E-state index contributed by atoms with van der Waals surface area (Å²) in [4.78, 5) is 36.6. The van der Waals surface area contributed by atoms with Crippen LogP contribution in [0, 0.1) is 0 Å². The Morgan fingerprint density at radius 3 is 2.53 bits per heavy atom. The molecule has 8 heteroatoms. The van der Waals surface area contributed by atoms with Crippen molar-refractivity contribution in [3.8, 4) is 11.5 Å². The molecule has 32 heavy (non-hydrogen) atoms. The van der Waals surface area contributed by atoms with Gasteiger partial charge in [-0.05, 0) is 68.1 Å². The van der Waals surface area contributed by atoms with Crippen LogP contribution in [0.2, 0.25) is 0 Å². The number of para-hydroxylation sites is 1. The van der Waals surface area contributed by atoms with Gasteiger partial charge in [0.2, 0.25) is 11.8 Å². The number of nitrogens with one attached hydrogen (secondary N) is 2. The number of aliphatic carboxylic acids is 1. The number of benzene rings is 2. The highest BCUT2D eigenvalue weighted by molar-refractivity contribution is 6.01. The van der Waals surface area contributed by atoms with Crippen LogP contribution < -0.4 is 15.4 Å². The van der Waals surface area contributed by atoms with Crippen LogP contribution in [-0.2, 0) is 14.4 Å². The molecule has 2 aliphatic heterocycles. The van der Waals surface area contributed by atoms with Crippen LogP contribution >= 0.6 is 0 Å². The molecule has 0 aromatic heterocycles. The monoisotopic (exact) mass is 437 g/mol. The molecule has 2 heterocycles. The second-order valence-corrected chi connectivity index (χ2v) is 8.26.